The number of nitrogens with zero attached hydrogens (tertiary/aromatic N) is 4. The molecule has 0 unspecified atom stereocenters. The molecular weight excluding hydrogens is 360 g/mol. The monoisotopic (exact) mass is 376 g/mol. The van der Waals surface area contributed by atoms with Crippen LogP contribution in [-0.4, -0.2) is 19.3 Å². The normalized spacial score (nSPS) is 11.2. The maximum Gasteiger partial charge on any atom is 0.168 e. The van der Waals surface area contributed by atoms with Gasteiger partial charge in [0.05, 0.1) is 33.6 Å². The van der Waals surface area contributed by atoms with E-state index >= 15 is 0 Å². The van der Waals surface area contributed by atoms with Gasteiger partial charge in [0.1, 0.15) is 0 Å². The van der Waals surface area contributed by atoms with Crippen LogP contribution in [0.3, 0.4) is 0 Å². The number of imidazole rings is 1. The highest BCUT2D eigenvalue weighted by Gasteiger charge is 2.15. The van der Waals surface area contributed by atoms with Crippen LogP contribution in [0.5, 0.6) is 0 Å². The third-order valence-electron chi connectivity index (χ3n) is 3.21. The number of aryl methyl sites for hydroxylation is 2. The minimum Gasteiger partial charge on any atom is -0.325 e. The maximum absolute atomic E-state index is 5.87. The van der Waals surface area contributed by atoms with E-state index in [-0.39, 0.29) is 0 Å². The molecule has 0 aromatic carbocycles. The van der Waals surface area contributed by atoms with Crippen molar-refractivity contribution in [3.8, 4) is 0 Å². The smallest absolute Gasteiger partial charge is 0.168 e. The molecule has 0 spiro atoms. The van der Waals surface area contributed by atoms with Crippen molar-refractivity contribution in [3.63, 3.8) is 0 Å². The molecule has 4 nitrogen and oxygen atoms in total. The Morgan fingerprint density at radius 3 is 2.70 bits per heavy atom. The second-order valence-electron chi connectivity index (χ2n) is 4.39. The van der Waals surface area contributed by atoms with Crippen molar-refractivity contribution in [2.45, 2.75) is 43.6 Å². The molecule has 0 aliphatic heterocycles. The van der Waals surface area contributed by atoms with Gasteiger partial charge in [-0.25, -0.2) is 4.98 Å². The average Bonchev–Trinajstić information content (AvgIpc) is 2.97. The fraction of sp³-hybridized carbons (Fsp3) is 0.538. The summed E-state index contributed by atoms with van der Waals surface area (Å²) in [7, 11) is 2.00. The lowest BCUT2D eigenvalue weighted by atomic mass is 10.3. The van der Waals surface area contributed by atoms with E-state index in [1.807, 2.05) is 17.8 Å². The van der Waals surface area contributed by atoms with Gasteiger partial charge in [-0.15, -0.1) is 11.6 Å². The Kier molecular flexibility index (Phi) is 5.57. The molecule has 0 amide bonds. The lowest BCUT2D eigenvalue weighted by molar-refractivity contribution is 0.627. The molecule has 110 valence electrons. The number of hydrogen-bond donors (Lipinski definition) is 0. The summed E-state index contributed by atoms with van der Waals surface area (Å²) >= 11 is 11.2. The highest BCUT2D eigenvalue weighted by molar-refractivity contribution is 9.10. The standard InChI is InChI=1S/C13H18BrClN4S/c1-4-10-12(14)11(19(5-2)17-10)8-20-13-16-7-9(6-15)18(13)3/h7H,4-6,8H2,1-3H3. The second-order valence-corrected chi connectivity index (χ2v) is 6.39. The van der Waals surface area contributed by atoms with E-state index in [4.69, 9.17) is 11.6 Å². The van der Waals surface area contributed by atoms with Crippen LogP contribution in [0.25, 0.3) is 0 Å². The molecule has 2 aromatic rings. The van der Waals surface area contributed by atoms with Gasteiger partial charge in [0.15, 0.2) is 5.16 Å². The van der Waals surface area contributed by atoms with Crippen LogP contribution < -0.4 is 0 Å². The Balaban J connectivity index is 2.18. The van der Waals surface area contributed by atoms with Gasteiger partial charge in [0, 0.05) is 19.3 Å². The highest BCUT2D eigenvalue weighted by Crippen LogP contribution is 2.29. The van der Waals surface area contributed by atoms with Crippen LogP contribution in [0.4, 0.5) is 0 Å². The molecule has 20 heavy (non-hydrogen) atoms. The Morgan fingerprint density at radius 2 is 2.15 bits per heavy atom. The predicted molar refractivity (Wildman–Crippen MR) is 87.3 cm³/mol. The molecule has 0 saturated heterocycles. The van der Waals surface area contributed by atoms with Crippen molar-refractivity contribution < 1.29 is 0 Å². The molecule has 0 atom stereocenters. The molecule has 0 aliphatic carbocycles. The first-order valence-corrected chi connectivity index (χ1v) is 8.87. The van der Waals surface area contributed by atoms with Gasteiger partial charge >= 0.3 is 0 Å². The van der Waals surface area contributed by atoms with Crippen LogP contribution in [0.2, 0.25) is 0 Å². The highest BCUT2D eigenvalue weighted by atomic mass is 79.9. The molecule has 0 N–H and O–H groups in total. The van der Waals surface area contributed by atoms with Crippen molar-refractivity contribution in [1.29, 1.82) is 0 Å². The first-order valence-electron chi connectivity index (χ1n) is 6.55. The van der Waals surface area contributed by atoms with Gasteiger partial charge in [-0.05, 0) is 29.3 Å². The number of thioether (sulfide) groups is 1. The number of aromatic nitrogens is 4. The van der Waals surface area contributed by atoms with Gasteiger partial charge in [-0.1, -0.05) is 18.7 Å². The molecule has 2 rings (SSSR count). The van der Waals surface area contributed by atoms with E-state index < -0.39 is 0 Å². The fourth-order valence-corrected chi connectivity index (χ4v) is 4.11. The molecule has 0 saturated carbocycles. The lowest BCUT2D eigenvalue weighted by Gasteiger charge is -2.06. The van der Waals surface area contributed by atoms with Gasteiger partial charge in [-0.2, -0.15) is 5.10 Å². The Hall–Kier alpha value is -0.460. The van der Waals surface area contributed by atoms with E-state index in [2.05, 4.69) is 44.5 Å². The molecular formula is C13H18BrClN4S. The van der Waals surface area contributed by atoms with Crippen molar-refractivity contribution in [2.75, 3.05) is 0 Å². The first kappa shape index (κ1) is 15.9. The maximum atomic E-state index is 5.87. The van der Waals surface area contributed by atoms with Crippen molar-refractivity contribution in [3.05, 3.63) is 27.8 Å². The first-order chi connectivity index (χ1) is 9.62. The molecule has 7 heteroatoms. The number of alkyl halides is 1. The second kappa shape index (κ2) is 7.00. The van der Waals surface area contributed by atoms with Gasteiger partial charge in [0.25, 0.3) is 0 Å². The van der Waals surface area contributed by atoms with Crippen LogP contribution in [-0.2, 0) is 31.6 Å². The molecule has 2 aromatic heterocycles. The van der Waals surface area contributed by atoms with Crippen molar-refractivity contribution in [2.24, 2.45) is 7.05 Å². The van der Waals surface area contributed by atoms with Crippen LogP contribution >= 0.6 is 39.3 Å². The van der Waals surface area contributed by atoms with Crippen LogP contribution in [0.1, 0.15) is 30.9 Å². The van der Waals surface area contributed by atoms with Gasteiger partial charge in [-0.3, -0.25) is 4.68 Å². The Bertz CT molecular complexity index is 593. The molecule has 0 radical (unpaired) electrons. The van der Waals surface area contributed by atoms with Crippen LogP contribution in [0.15, 0.2) is 15.8 Å². The summed E-state index contributed by atoms with van der Waals surface area (Å²) in [5.74, 6) is 1.33. The van der Waals surface area contributed by atoms with E-state index in [9.17, 15) is 0 Å². The average molecular weight is 378 g/mol. The van der Waals surface area contributed by atoms with E-state index in [1.54, 1.807) is 11.8 Å². The summed E-state index contributed by atoms with van der Waals surface area (Å²) in [5, 5.41) is 5.59. The molecule has 0 aliphatic rings. The molecule has 0 fully saturated rings. The third kappa shape index (κ3) is 3.07. The molecule has 2 heterocycles. The van der Waals surface area contributed by atoms with Gasteiger partial charge in [0.2, 0.25) is 0 Å². The topological polar surface area (TPSA) is 35.6 Å². The van der Waals surface area contributed by atoms with E-state index in [1.165, 1.54) is 5.69 Å². The summed E-state index contributed by atoms with van der Waals surface area (Å²) in [4.78, 5) is 4.41. The quantitative estimate of drug-likeness (QED) is 0.564. The predicted octanol–water partition coefficient (Wildman–Crippen LogP) is 3.99. The van der Waals surface area contributed by atoms with E-state index in [0.29, 0.717) is 5.88 Å². The summed E-state index contributed by atoms with van der Waals surface area (Å²) in [5.41, 5.74) is 3.36. The van der Waals surface area contributed by atoms with Gasteiger partial charge < -0.3 is 4.57 Å². The zero-order valence-electron chi connectivity index (χ0n) is 11.9. The zero-order valence-corrected chi connectivity index (χ0v) is 15.0. The number of rotatable bonds is 6. The fourth-order valence-electron chi connectivity index (χ4n) is 1.97. The molecule has 0 bridgehead atoms. The lowest BCUT2D eigenvalue weighted by Crippen LogP contribution is -2.03. The zero-order chi connectivity index (χ0) is 14.7. The van der Waals surface area contributed by atoms with E-state index in [0.717, 1.165) is 39.7 Å². The Morgan fingerprint density at radius 1 is 1.40 bits per heavy atom. The Labute approximate surface area is 137 Å². The SMILES string of the molecule is CCc1nn(CC)c(CSc2ncc(CCl)n2C)c1Br. The summed E-state index contributed by atoms with van der Waals surface area (Å²) in [6.45, 7) is 5.11. The minimum atomic E-state index is 0.487. The number of hydrogen-bond acceptors (Lipinski definition) is 3. The minimum absolute atomic E-state index is 0.487. The summed E-state index contributed by atoms with van der Waals surface area (Å²) in [6, 6.07) is 0. The van der Waals surface area contributed by atoms with Crippen LogP contribution in [0, 0.1) is 0 Å². The van der Waals surface area contributed by atoms with Crippen molar-refractivity contribution >= 4 is 39.3 Å². The van der Waals surface area contributed by atoms with Crippen molar-refractivity contribution in [1.82, 2.24) is 19.3 Å². The largest absolute Gasteiger partial charge is 0.325 e. The third-order valence-corrected chi connectivity index (χ3v) is 5.46. The number of halogens is 2. The summed E-state index contributed by atoms with van der Waals surface area (Å²) in [6.07, 6.45) is 2.77. The summed E-state index contributed by atoms with van der Waals surface area (Å²) < 4.78 is 5.22.